The maximum atomic E-state index is 5.75. The van der Waals surface area contributed by atoms with Gasteiger partial charge in [-0.05, 0) is 61.7 Å². The summed E-state index contributed by atoms with van der Waals surface area (Å²) in [6.07, 6.45) is 1.85. The Morgan fingerprint density at radius 3 is 2.17 bits per heavy atom. The molecule has 0 aliphatic carbocycles. The molecular weight excluding hydrogens is 296 g/mol. The zero-order valence-corrected chi connectivity index (χ0v) is 14.3. The van der Waals surface area contributed by atoms with E-state index in [-0.39, 0.29) is 0 Å². The minimum absolute atomic E-state index is 0.606. The van der Waals surface area contributed by atoms with Crippen molar-refractivity contribution in [2.24, 2.45) is 0 Å². The molecule has 0 bridgehead atoms. The lowest BCUT2D eigenvalue weighted by atomic mass is 10.1. The van der Waals surface area contributed by atoms with Gasteiger partial charge in [-0.2, -0.15) is 0 Å². The Morgan fingerprint density at radius 1 is 0.833 bits per heavy atom. The fourth-order valence-electron chi connectivity index (χ4n) is 2.58. The molecule has 1 heterocycles. The molecule has 0 aliphatic heterocycles. The lowest BCUT2D eigenvalue weighted by molar-refractivity contribution is 0.462. The van der Waals surface area contributed by atoms with Crippen molar-refractivity contribution in [1.82, 2.24) is 4.98 Å². The predicted octanol–water partition coefficient (Wildman–Crippen LogP) is 5.41. The molecule has 0 spiro atoms. The van der Waals surface area contributed by atoms with Gasteiger partial charge in [0.1, 0.15) is 5.75 Å². The molecule has 3 rings (SSSR count). The molecule has 0 unspecified atom stereocenters. The van der Waals surface area contributed by atoms with Crippen molar-refractivity contribution in [3.8, 4) is 11.6 Å². The number of anilines is 1. The number of ether oxygens (including phenoxy) is 1. The topological polar surface area (TPSA) is 34.1 Å². The molecule has 2 aromatic carbocycles. The molecule has 0 saturated carbocycles. The van der Waals surface area contributed by atoms with E-state index in [0.717, 1.165) is 23.5 Å². The Kier molecular flexibility index (Phi) is 4.80. The van der Waals surface area contributed by atoms with Crippen LogP contribution in [0.4, 0.5) is 5.69 Å². The van der Waals surface area contributed by atoms with Gasteiger partial charge in [0.05, 0.1) is 0 Å². The number of benzene rings is 2. The third kappa shape index (κ3) is 4.35. The zero-order valence-electron chi connectivity index (χ0n) is 14.3. The Morgan fingerprint density at radius 2 is 1.54 bits per heavy atom. The van der Waals surface area contributed by atoms with Crippen molar-refractivity contribution in [1.29, 1.82) is 0 Å². The highest BCUT2D eigenvalue weighted by molar-refractivity contribution is 5.48. The van der Waals surface area contributed by atoms with Crippen LogP contribution in [-0.2, 0) is 6.54 Å². The summed E-state index contributed by atoms with van der Waals surface area (Å²) in [4.78, 5) is 4.38. The van der Waals surface area contributed by atoms with E-state index in [4.69, 9.17) is 4.74 Å². The summed E-state index contributed by atoms with van der Waals surface area (Å²) in [6, 6.07) is 18.4. The molecule has 122 valence electrons. The lowest BCUT2D eigenvalue weighted by Gasteiger charge is -2.09. The molecule has 3 aromatic rings. The highest BCUT2D eigenvalue weighted by Gasteiger charge is 2.01. The van der Waals surface area contributed by atoms with Crippen LogP contribution in [0, 0.1) is 20.8 Å². The van der Waals surface area contributed by atoms with Gasteiger partial charge in [-0.1, -0.05) is 29.8 Å². The minimum atomic E-state index is 0.606. The summed E-state index contributed by atoms with van der Waals surface area (Å²) in [5, 5.41) is 3.44. The van der Waals surface area contributed by atoms with Crippen molar-refractivity contribution < 1.29 is 4.74 Å². The quantitative estimate of drug-likeness (QED) is 0.683. The number of hydrogen-bond donors (Lipinski definition) is 1. The van der Waals surface area contributed by atoms with Gasteiger partial charge in [-0.15, -0.1) is 0 Å². The standard InChI is InChI=1S/C21H22N2O/c1-15-4-7-20(8-5-15)24-21-9-6-18(14-23-21)13-22-19-11-16(2)10-17(3)12-19/h4-12,14,22H,13H2,1-3H3. The van der Waals surface area contributed by atoms with E-state index in [2.05, 4.69) is 49.3 Å². The molecule has 3 nitrogen and oxygen atoms in total. The zero-order chi connectivity index (χ0) is 16.9. The minimum Gasteiger partial charge on any atom is -0.439 e. The summed E-state index contributed by atoms with van der Waals surface area (Å²) >= 11 is 0. The van der Waals surface area contributed by atoms with E-state index in [9.17, 15) is 0 Å². The molecule has 0 radical (unpaired) electrons. The predicted molar refractivity (Wildman–Crippen MR) is 98.7 cm³/mol. The number of pyridine rings is 1. The van der Waals surface area contributed by atoms with Gasteiger partial charge in [-0.3, -0.25) is 0 Å². The molecular formula is C21H22N2O. The van der Waals surface area contributed by atoms with Gasteiger partial charge in [0.2, 0.25) is 5.88 Å². The fourth-order valence-corrected chi connectivity index (χ4v) is 2.58. The van der Waals surface area contributed by atoms with Gasteiger partial charge in [0, 0.05) is 24.5 Å². The average Bonchev–Trinajstić information content (AvgIpc) is 2.55. The maximum Gasteiger partial charge on any atom is 0.219 e. The van der Waals surface area contributed by atoms with Crippen LogP contribution < -0.4 is 10.1 Å². The highest BCUT2D eigenvalue weighted by Crippen LogP contribution is 2.20. The van der Waals surface area contributed by atoms with Crippen LogP contribution >= 0.6 is 0 Å². The molecule has 0 atom stereocenters. The van der Waals surface area contributed by atoms with Gasteiger partial charge in [0.25, 0.3) is 0 Å². The van der Waals surface area contributed by atoms with Gasteiger partial charge in [-0.25, -0.2) is 4.98 Å². The second kappa shape index (κ2) is 7.18. The molecule has 0 saturated heterocycles. The molecule has 1 N–H and O–H groups in total. The maximum absolute atomic E-state index is 5.75. The second-order valence-electron chi connectivity index (χ2n) is 6.15. The van der Waals surface area contributed by atoms with Gasteiger partial charge < -0.3 is 10.1 Å². The SMILES string of the molecule is Cc1ccc(Oc2ccc(CNc3cc(C)cc(C)c3)cn2)cc1. The number of aromatic nitrogens is 1. The van der Waals surface area contributed by atoms with E-state index < -0.39 is 0 Å². The Hall–Kier alpha value is -2.81. The van der Waals surface area contributed by atoms with Crippen molar-refractivity contribution in [3.05, 3.63) is 83.0 Å². The molecule has 1 aromatic heterocycles. The first kappa shape index (κ1) is 16.1. The third-order valence-electron chi connectivity index (χ3n) is 3.76. The van der Waals surface area contributed by atoms with Crippen LogP contribution in [0.3, 0.4) is 0 Å². The Labute approximate surface area is 143 Å². The van der Waals surface area contributed by atoms with E-state index in [1.807, 2.05) is 42.6 Å². The van der Waals surface area contributed by atoms with Crippen LogP contribution in [0.1, 0.15) is 22.3 Å². The molecule has 0 amide bonds. The van der Waals surface area contributed by atoms with E-state index in [1.54, 1.807) is 0 Å². The first-order valence-electron chi connectivity index (χ1n) is 8.10. The van der Waals surface area contributed by atoms with Gasteiger partial charge >= 0.3 is 0 Å². The van der Waals surface area contributed by atoms with Crippen molar-refractivity contribution in [2.45, 2.75) is 27.3 Å². The number of rotatable bonds is 5. The average molecular weight is 318 g/mol. The van der Waals surface area contributed by atoms with Crippen molar-refractivity contribution in [2.75, 3.05) is 5.32 Å². The highest BCUT2D eigenvalue weighted by atomic mass is 16.5. The van der Waals surface area contributed by atoms with Crippen LogP contribution in [-0.4, -0.2) is 4.98 Å². The Bertz CT molecular complexity index is 788. The first-order chi connectivity index (χ1) is 11.6. The Balaban J connectivity index is 1.61. The van der Waals surface area contributed by atoms with Crippen LogP contribution in [0.25, 0.3) is 0 Å². The van der Waals surface area contributed by atoms with E-state index in [1.165, 1.54) is 16.7 Å². The molecule has 3 heteroatoms. The summed E-state index contributed by atoms with van der Waals surface area (Å²) in [6.45, 7) is 7.01. The summed E-state index contributed by atoms with van der Waals surface area (Å²) in [5.74, 6) is 1.41. The van der Waals surface area contributed by atoms with Crippen LogP contribution in [0.2, 0.25) is 0 Å². The summed E-state index contributed by atoms with van der Waals surface area (Å²) < 4.78 is 5.75. The normalized spacial score (nSPS) is 10.5. The second-order valence-corrected chi connectivity index (χ2v) is 6.15. The molecule has 24 heavy (non-hydrogen) atoms. The monoisotopic (exact) mass is 318 g/mol. The van der Waals surface area contributed by atoms with Crippen LogP contribution in [0.5, 0.6) is 11.6 Å². The number of aryl methyl sites for hydroxylation is 3. The van der Waals surface area contributed by atoms with E-state index >= 15 is 0 Å². The van der Waals surface area contributed by atoms with Crippen LogP contribution in [0.15, 0.2) is 60.8 Å². The van der Waals surface area contributed by atoms with Crippen molar-refractivity contribution >= 4 is 5.69 Å². The third-order valence-corrected chi connectivity index (χ3v) is 3.76. The van der Waals surface area contributed by atoms with Gasteiger partial charge in [0.15, 0.2) is 0 Å². The number of nitrogens with zero attached hydrogens (tertiary/aromatic N) is 1. The number of hydrogen-bond acceptors (Lipinski definition) is 3. The molecule has 0 fully saturated rings. The molecule has 0 aliphatic rings. The summed E-state index contributed by atoms with van der Waals surface area (Å²) in [7, 11) is 0. The van der Waals surface area contributed by atoms with Crippen molar-refractivity contribution in [3.63, 3.8) is 0 Å². The lowest BCUT2D eigenvalue weighted by Crippen LogP contribution is -2.00. The number of nitrogens with one attached hydrogen (secondary N) is 1. The van der Waals surface area contributed by atoms with E-state index in [0.29, 0.717) is 5.88 Å². The largest absolute Gasteiger partial charge is 0.439 e. The fraction of sp³-hybridized carbons (Fsp3) is 0.190. The first-order valence-corrected chi connectivity index (χ1v) is 8.10. The smallest absolute Gasteiger partial charge is 0.219 e. The summed E-state index contributed by atoms with van der Waals surface area (Å²) in [5.41, 5.74) is 5.98.